The number of benzene rings is 1. The van der Waals surface area contributed by atoms with Crippen molar-refractivity contribution in [3.63, 3.8) is 0 Å². The van der Waals surface area contributed by atoms with Gasteiger partial charge in [-0.25, -0.2) is 4.39 Å². The Hall–Kier alpha value is -1.06. The van der Waals surface area contributed by atoms with Gasteiger partial charge in [0.2, 0.25) is 0 Å². The maximum atomic E-state index is 13.8. The fraction of sp³-hybridized carbons (Fsp3) is 0.385. The Labute approximate surface area is 105 Å². The van der Waals surface area contributed by atoms with E-state index in [0.29, 0.717) is 17.2 Å². The van der Waals surface area contributed by atoms with Gasteiger partial charge in [0.1, 0.15) is 11.6 Å². The van der Waals surface area contributed by atoms with Crippen LogP contribution in [0.5, 0.6) is 0 Å². The minimum atomic E-state index is -0.274. The normalized spacial score (nSPS) is 17.2. The van der Waals surface area contributed by atoms with E-state index >= 15 is 0 Å². The molecule has 2 rings (SSSR count). The van der Waals surface area contributed by atoms with Gasteiger partial charge in [0.25, 0.3) is 0 Å². The summed E-state index contributed by atoms with van der Waals surface area (Å²) in [5.74, 6) is 0.503. The van der Waals surface area contributed by atoms with Gasteiger partial charge in [0.15, 0.2) is 0 Å². The van der Waals surface area contributed by atoms with E-state index in [2.05, 4.69) is 5.32 Å². The number of rotatable bonds is 3. The van der Waals surface area contributed by atoms with Crippen molar-refractivity contribution in [3.05, 3.63) is 46.4 Å². The predicted molar refractivity (Wildman–Crippen MR) is 66.5 cm³/mol. The molecule has 1 aliphatic heterocycles. The van der Waals surface area contributed by atoms with Crippen LogP contribution >= 0.6 is 11.6 Å². The van der Waals surface area contributed by atoms with E-state index in [1.165, 1.54) is 6.07 Å². The van der Waals surface area contributed by atoms with E-state index in [-0.39, 0.29) is 11.9 Å². The van der Waals surface area contributed by atoms with E-state index in [4.69, 9.17) is 16.3 Å². The first-order chi connectivity index (χ1) is 8.22. The average molecular weight is 256 g/mol. The lowest BCUT2D eigenvalue weighted by Crippen LogP contribution is -2.23. The molecule has 92 valence electrons. The molecule has 0 aliphatic carbocycles. The van der Waals surface area contributed by atoms with Crippen LogP contribution < -0.4 is 5.32 Å². The largest absolute Gasteiger partial charge is 0.496 e. The molecule has 1 heterocycles. The van der Waals surface area contributed by atoms with Crippen LogP contribution in [-0.2, 0) is 4.74 Å². The van der Waals surface area contributed by atoms with Crippen molar-refractivity contribution >= 4 is 11.6 Å². The van der Waals surface area contributed by atoms with Gasteiger partial charge < -0.3 is 10.1 Å². The molecule has 1 aromatic carbocycles. The Bertz CT molecular complexity index is 433. The summed E-state index contributed by atoms with van der Waals surface area (Å²) in [5, 5.41) is 3.59. The monoisotopic (exact) mass is 255 g/mol. The van der Waals surface area contributed by atoms with Gasteiger partial charge in [-0.3, -0.25) is 0 Å². The number of hydrogen-bond acceptors (Lipinski definition) is 2. The molecule has 1 unspecified atom stereocenters. The van der Waals surface area contributed by atoms with Gasteiger partial charge in [-0.15, -0.1) is 0 Å². The van der Waals surface area contributed by atoms with Crippen LogP contribution in [0.2, 0.25) is 5.02 Å². The Morgan fingerprint density at radius 1 is 1.47 bits per heavy atom. The standard InChI is InChI=1S/C13H15ClFNO/c1-16-13(12-4-2-3-7-17-12)10-8-9(14)5-6-11(10)15/h4-6,8,13,16H,2-3,7H2,1H3. The smallest absolute Gasteiger partial charge is 0.128 e. The highest BCUT2D eigenvalue weighted by Crippen LogP contribution is 2.29. The molecule has 1 aromatic rings. The summed E-state index contributed by atoms with van der Waals surface area (Å²) < 4.78 is 19.3. The van der Waals surface area contributed by atoms with E-state index in [1.54, 1.807) is 19.2 Å². The molecule has 0 aromatic heterocycles. The van der Waals surface area contributed by atoms with Gasteiger partial charge in [-0.2, -0.15) is 0 Å². The molecule has 0 fully saturated rings. The van der Waals surface area contributed by atoms with E-state index in [0.717, 1.165) is 18.6 Å². The lowest BCUT2D eigenvalue weighted by molar-refractivity contribution is 0.169. The lowest BCUT2D eigenvalue weighted by Gasteiger charge is -2.24. The maximum Gasteiger partial charge on any atom is 0.128 e. The Morgan fingerprint density at radius 3 is 2.94 bits per heavy atom. The van der Waals surface area contributed by atoms with Crippen molar-refractivity contribution < 1.29 is 9.13 Å². The van der Waals surface area contributed by atoms with Crippen LogP contribution in [0.1, 0.15) is 24.4 Å². The minimum Gasteiger partial charge on any atom is -0.496 e. The molecule has 0 amide bonds. The zero-order valence-electron chi connectivity index (χ0n) is 9.67. The molecule has 1 aliphatic rings. The number of ether oxygens (including phenoxy) is 1. The van der Waals surface area contributed by atoms with Crippen LogP contribution in [0.4, 0.5) is 4.39 Å². The highest BCUT2D eigenvalue weighted by molar-refractivity contribution is 6.30. The summed E-state index contributed by atoms with van der Waals surface area (Å²) in [4.78, 5) is 0. The van der Waals surface area contributed by atoms with E-state index < -0.39 is 0 Å². The Kier molecular flexibility index (Phi) is 4.02. The molecule has 4 heteroatoms. The molecule has 0 saturated carbocycles. The average Bonchev–Trinajstić information content (AvgIpc) is 2.36. The number of likely N-dealkylation sites (N-methyl/N-ethyl adjacent to an activating group) is 1. The van der Waals surface area contributed by atoms with Crippen LogP contribution in [0, 0.1) is 5.82 Å². The van der Waals surface area contributed by atoms with Gasteiger partial charge >= 0.3 is 0 Å². The van der Waals surface area contributed by atoms with Crippen molar-refractivity contribution in [2.45, 2.75) is 18.9 Å². The Morgan fingerprint density at radius 2 is 2.29 bits per heavy atom. The minimum absolute atomic E-state index is 0.269. The van der Waals surface area contributed by atoms with Crippen molar-refractivity contribution in [2.24, 2.45) is 0 Å². The Balaban J connectivity index is 2.34. The predicted octanol–water partition coefficient (Wildman–Crippen LogP) is 3.43. The van der Waals surface area contributed by atoms with Gasteiger partial charge in [-0.1, -0.05) is 11.6 Å². The summed E-state index contributed by atoms with van der Waals surface area (Å²) >= 11 is 5.90. The van der Waals surface area contributed by atoms with Gasteiger partial charge in [0.05, 0.1) is 12.6 Å². The second-order valence-electron chi connectivity index (χ2n) is 3.98. The summed E-state index contributed by atoms with van der Waals surface area (Å²) in [6, 6.07) is 4.29. The van der Waals surface area contributed by atoms with Gasteiger partial charge in [-0.05, 0) is 44.2 Å². The van der Waals surface area contributed by atoms with Crippen molar-refractivity contribution in [1.82, 2.24) is 5.32 Å². The molecule has 1 N–H and O–H groups in total. The molecule has 17 heavy (non-hydrogen) atoms. The summed E-state index contributed by atoms with van der Waals surface area (Å²) in [6.07, 6.45) is 3.98. The van der Waals surface area contributed by atoms with E-state index in [1.807, 2.05) is 6.08 Å². The quantitative estimate of drug-likeness (QED) is 0.894. The molecule has 2 nitrogen and oxygen atoms in total. The lowest BCUT2D eigenvalue weighted by atomic mass is 10.0. The zero-order valence-corrected chi connectivity index (χ0v) is 10.4. The molecule has 0 bridgehead atoms. The molecular weight excluding hydrogens is 241 g/mol. The van der Waals surface area contributed by atoms with E-state index in [9.17, 15) is 4.39 Å². The number of nitrogens with one attached hydrogen (secondary N) is 1. The first-order valence-corrected chi connectivity index (χ1v) is 6.05. The van der Waals surface area contributed by atoms with Crippen LogP contribution in [0.15, 0.2) is 30.0 Å². The number of allylic oxidation sites excluding steroid dienone is 1. The third kappa shape index (κ3) is 2.79. The summed E-state index contributed by atoms with van der Waals surface area (Å²) in [7, 11) is 1.78. The van der Waals surface area contributed by atoms with Crippen LogP contribution in [0.25, 0.3) is 0 Å². The van der Waals surface area contributed by atoms with Crippen molar-refractivity contribution in [3.8, 4) is 0 Å². The van der Waals surface area contributed by atoms with Crippen molar-refractivity contribution in [1.29, 1.82) is 0 Å². The first kappa shape index (κ1) is 12.4. The second kappa shape index (κ2) is 5.52. The first-order valence-electron chi connectivity index (χ1n) is 5.67. The second-order valence-corrected chi connectivity index (χ2v) is 4.42. The molecule has 0 saturated heterocycles. The number of halogens is 2. The zero-order chi connectivity index (χ0) is 12.3. The highest BCUT2D eigenvalue weighted by Gasteiger charge is 2.21. The molecular formula is C13H15ClFNO. The SMILES string of the molecule is CNC(C1=CCCCO1)c1cc(Cl)ccc1F. The molecule has 0 spiro atoms. The molecule has 1 atom stereocenters. The van der Waals surface area contributed by atoms with Crippen LogP contribution in [0.3, 0.4) is 0 Å². The van der Waals surface area contributed by atoms with Crippen molar-refractivity contribution in [2.75, 3.05) is 13.7 Å². The third-order valence-corrected chi connectivity index (χ3v) is 3.04. The number of hydrogen-bond donors (Lipinski definition) is 1. The van der Waals surface area contributed by atoms with Gasteiger partial charge in [0, 0.05) is 10.6 Å². The topological polar surface area (TPSA) is 21.3 Å². The maximum absolute atomic E-state index is 13.8. The van der Waals surface area contributed by atoms with Crippen LogP contribution in [-0.4, -0.2) is 13.7 Å². The molecule has 0 radical (unpaired) electrons. The summed E-state index contributed by atoms with van der Waals surface area (Å²) in [5.41, 5.74) is 0.521. The fourth-order valence-electron chi connectivity index (χ4n) is 1.96. The summed E-state index contributed by atoms with van der Waals surface area (Å²) in [6.45, 7) is 0.687. The third-order valence-electron chi connectivity index (χ3n) is 2.80. The highest BCUT2D eigenvalue weighted by atomic mass is 35.5. The fourth-order valence-corrected chi connectivity index (χ4v) is 2.15.